The van der Waals surface area contributed by atoms with Gasteiger partial charge >= 0.3 is 0 Å². The van der Waals surface area contributed by atoms with E-state index in [1.165, 1.54) is 0 Å². The van der Waals surface area contributed by atoms with Crippen molar-refractivity contribution in [1.82, 2.24) is 10.1 Å². The second-order valence-corrected chi connectivity index (χ2v) is 5.34. The third-order valence-electron chi connectivity index (χ3n) is 3.03. The van der Waals surface area contributed by atoms with Gasteiger partial charge in [0.05, 0.1) is 0 Å². The number of Topliss-reactive ketones (excluding diaryl/α,β-unsaturated/α-hetero) is 1. The molecule has 0 fully saturated rings. The third kappa shape index (κ3) is 4.70. The van der Waals surface area contributed by atoms with Crippen molar-refractivity contribution < 1.29 is 14.1 Å². The lowest BCUT2D eigenvalue weighted by Gasteiger charge is -2.04. The van der Waals surface area contributed by atoms with E-state index in [9.17, 15) is 4.79 Å². The van der Waals surface area contributed by atoms with Gasteiger partial charge in [-0.3, -0.25) is 0 Å². The van der Waals surface area contributed by atoms with Crippen LogP contribution in [0.2, 0.25) is 0 Å². The molecule has 0 amide bonds. The van der Waals surface area contributed by atoms with Crippen LogP contribution in [-0.4, -0.2) is 15.9 Å². The SMILES string of the molecule is CC(=O)CCc1ccc(OCc2noc(C(C)C)n2)cc1. The Labute approximate surface area is 124 Å². The zero-order valence-electron chi connectivity index (χ0n) is 12.6. The van der Waals surface area contributed by atoms with Crippen LogP contribution < -0.4 is 4.74 Å². The maximum atomic E-state index is 10.9. The van der Waals surface area contributed by atoms with Crippen molar-refractivity contribution in [3.05, 3.63) is 41.5 Å². The summed E-state index contributed by atoms with van der Waals surface area (Å²) < 4.78 is 10.7. The summed E-state index contributed by atoms with van der Waals surface area (Å²) in [6.45, 7) is 5.88. The van der Waals surface area contributed by atoms with Gasteiger partial charge in [-0.05, 0) is 31.0 Å². The maximum absolute atomic E-state index is 10.9. The molecule has 0 unspecified atom stereocenters. The number of rotatable bonds is 7. The summed E-state index contributed by atoms with van der Waals surface area (Å²) >= 11 is 0. The van der Waals surface area contributed by atoms with Gasteiger partial charge < -0.3 is 14.1 Å². The van der Waals surface area contributed by atoms with Crippen molar-refractivity contribution in [2.75, 3.05) is 0 Å². The average Bonchev–Trinajstić information content (AvgIpc) is 2.93. The highest BCUT2D eigenvalue weighted by molar-refractivity contribution is 5.75. The van der Waals surface area contributed by atoms with Crippen molar-refractivity contribution in [3.63, 3.8) is 0 Å². The summed E-state index contributed by atoms with van der Waals surface area (Å²) in [5, 5.41) is 3.87. The van der Waals surface area contributed by atoms with Crippen molar-refractivity contribution in [3.8, 4) is 5.75 Å². The first-order valence-corrected chi connectivity index (χ1v) is 7.08. The number of nitrogens with zero attached hydrogens (tertiary/aromatic N) is 2. The summed E-state index contributed by atoms with van der Waals surface area (Å²) in [7, 11) is 0. The lowest BCUT2D eigenvalue weighted by atomic mass is 10.1. The monoisotopic (exact) mass is 288 g/mol. The number of hydrogen-bond donors (Lipinski definition) is 0. The maximum Gasteiger partial charge on any atom is 0.229 e. The van der Waals surface area contributed by atoms with Gasteiger partial charge in [-0.2, -0.15) is 4.98 Å². The molecule has 1 aromatic heterocycles. The molecule has 0 saturated heterocycles. The minimum absolute atomic E-state index is 0.202. The molecule has 0 N–H and O–H groups in total. The molecule has 0 atom stereocenters. The Morgan fingerprint density at radius 3 is 2.57 bits per heavy atom. The van der Waals surface area contributed by atoms with Crippen LogP contribution in [0.15, 0.2) is 28.8 Å². The quantitative estimate of drug-likeness (QED) is 0.782. The van der Waals surface area contributed by atoms with E-state index in [4.69, 9.17) is 9.26 Å². The van der Waals surface area contributed by atoms with Crippen molar-refractivity contribution in [1.29, 1.82) is 0 Å². The van der Waals surface area contributed by atoms with Crippen LogP contribution in [0.4, 0.5) is 0 Å². The highest BCUT2D eigenvalue weighted by atomic mass is 16.5. The molecule has 0 aliphatic carbocycles. The number of carbonyl (C=O) groups is 1. The molecule has 5 nitrogen and oxygen atoms in total. The van der Waals surface area contributed by atoms with E-state index in [1.807, 2.05) is 38.1 Å². The summed E-state index contributed by atoms with van der Waals surface area (Å²) in [5.74, 6) is 2.32. The Morgan fingerprint density at radius 2 is 2.00 bits per heavy atom. The molecular weight excluding hydrogens is 268 g/mol. The van der Waals surface area contributed by atoms with Crippen molar-refractivity contribution >= 4 is 5.78 Å². The van der Waals surface area contributed by atoms with Crippen LogP contribution in [0.3, 0.4) is 0 Å². The van der Waals surface area contributed by atoms with Crippen LogP contribution in [0, 0.1) is 0 Å². The Balaban J connectivity index is 1.86. The van der Waals surface area contributed by atoms with Crippen molar-refractivity contribution in [2.45, 2.75) is 46.1 Å². The van der Waals surface area contributed by atoms with Gasteiger partial charge in [0.2, 0.25) is 11.7 Å². The van der Waals surface area contributed by atoms with Gasteiger partial charge in [0.25, 0.3) is 0 Å². The van der Waals surface area contributed by atoms with Crippen molar-refractivity contribution in [2.24, 2.45) is 0 Å². The van der Waals surface area contributed by atoms with E-state index < -0.39 is 0 Å². The average molecular weight is 288 g/mol. The lowest BCUT2D eigenvalue weighted by molar-refractivity contribution is -0.116. The van der Waals surface area contributed by atoms with E-state index in [0.717, 1.165) is 17.7 Å². The number of aromatic nitrogens is 2. The molecule has 0 aliphatic heterocycles. The Morgan fingerprint density at radius 1 is 1.29 bits per heavy atom. The molecule has 0 saturated carbocycles. The number of ketones is 1. The molecule has 0 spiro atoms. The molecule has 2 rings (SSSR count). The minimum Gasteiger partial charge on any atom is -0.485 e. The summed E-state index contributed by atoms with van der Waals surface area (Å²) in [4.78, 5) is 15.2. The van der Waals surface area contributed by atoms with E-state index >= 15 is 0 Å². The summed E-state index contributed by atoms with van der Waals surface area (Å²) in [6, 6.07) is 7.71. The third-order valence-corrected chi connectivity index (χ3v) is 3.03. The zero-order chi connectivity index (χ0) is 15.2. The normalized spacial score (nSPS) is 10.9. The van der Waals surface area contributed by atoms with Crippen LogP contribution >= 0.6 is 0 Å². The largest absolute Gasteiger partial charge is 0.485 e. The number of aryl methyl sites for hydroxylation is 1. The Bertz CT molecular complexity index is 588. The molecule has 2 aromatic rings. The summed E-state index contributed by atoms with van der Waals surface area (Å²) in [6.07, 6.45) is 1.33. The molecular formula is C16H20N2O3. The van der Waals surface area contributed by atoms with Crippen LogP contribution in [0.25, 0.3) is 0 Å². The first kappa shape index (κ1) is 15.2. The number of hydrogen-bond acceptors (Lipinski definition) is 5. The molecule has 21 heavy (non-hydrogen) atoms. The zero-order valence-corrected chi connectivity index (χ0v) is 12.6. The molecule has 1 aromatic carbocycles. The fraction of sp³-hybridized carbons (Fsp3) is 0.438. The van der Waals surface area contributed by atoms with Crippen LogP contribution in [0.1, 0.15) is 50.4 Å². The van der Waals surface area contributed by atoms with E-state index in [2.05, 4.69) is 10.1 Å². The van der Waals surface area contributed by atoms with E-state index in [1.54, 1.807) is 6.92 Å². The Kier molecular flexibility index (Phi) is 5.09. The van der Waals surface area contributed by atoms with Crippen LogP contribution in [0.5, 0.6) is 5.75 Å². The molecule has 0 aliphatic rings. The smallest absolute Gasteiger partial charge is 0.229 e. The highest BCUT2D eigenvalue weighted by Gasteiger charge is 2.10. The van der Waals surface area contributed by atoms with Gasteiger partial charge in [0.1, 0.15) is 11.5 Å². The first-order valence-electron chi connectivity index (χ1n) is 7.08. The lowest BCUT2D eigenvalue weighted by Crippen LogP contribution is -1.99. The van der Waals surface area contributed by atoms with Crippen LogP contribution in [-0.2, 0) is 17.8 Å². The number of ether oxygens (including phenoxy) is 1. The van der Waals surface area contributed by atoms with E-state index in [-0.39, 0.29) is 18.3 Å². The molecule has 5 heteroatoms. The molecule has 0 bridgehead atoms. The number of benzene rings is 1. The second-order valence-electron chi connectivity index (χ2n) is 5.34. The Hall–Kier alpha value is -2.17. The van der Waals surface area contributed by atoms with Gasteiger partial charge in [-0.1, -0.05) is 31.1 Å². The van der Waals surface area contributed by atoms with Gasteiger partial charge in [-0.15, -0.1) is 0 Å². The first-order chi connectivity index (χ1) is 10.0. The fourth-order valence-corrected chi connectivity index (χ4v) is 1.78. The molecule has 1 heterocycles. The summed E-state index contributed by atoms with van der Waals surface area (Å²) in [5.41, 5.74) is 1.12. The topological polar surface area (TPSA) is 65.2 Å². The van der Waals surface area contributed by atoms with E-state index in [0.29, 0.717) is 18.1 Å². The minimum atomic E-state index is 0.202. The predicted molar refractivity (Wildman–Crippen MR) is 78.2 cm³/mol. The van der Waals surface area contributed by atoms with Gasteiger partial charge in [0.15, 0.2) is 6.61 Å². The predicted octanol–water partition coefficient (Wildman–Crippen LogP) is 3.29. The fourth-order valence-electron chi connectivity index (χ4n) is 1.78. The number of carbonyl (C=O) groups excluding carboxylic acids is 1. The van der Waals surface area contributed by atoms with Gasteiger partial charge in [-0.25, -0.2) is 0 Å². The highest BCUT2D eigenvalue weighted by Crippen LogP contribution is 2.16. The second kappa shape index (κ2) is 7.02. The van der Waals surface area contributed by atoms with Gasteiger partial charge in [0, 0.05) is 12.3 Å². The molecule has 0 radical (unpaired) electrons. The molecule has 112 valence electrons. The standard InChI is InChI=1S/C16H20N2O3/c1-11(2)16-17-15(18-21-16)10-20-14-8-6-13(7-9-14)5-4-12(3)19/h6-9,11H,4-5,10H2,1-3H3.